The SMILES string of the molecule is COc1ccc(CCN(Cc2cccs2)C(=O)CN(CC2CCCO2)C(=O)Nc2ccc(Cl)c(Cl)c2)cc1OC. The van der Waals surface area contributed by atoms with E-state index in [1.165, 1.54) is 4.90 Å². The zero-order chi connectivity index (χ0) is 28.5. The second-order valence-corrected chi connectivity index (χ2v) is 11.3. The molecule has 0 radical (unpaired) electrons. The Kier molecular flexibility index (Phi) is 10.9. The molecule has 3 amide bonds. The first-order chi connectivity index (χ1) is 19.4. The zero-order valence-corrected chi connectivity index (χ0v) is 24.9. The number of nitrogens with zero attached hydrogens (tertiary/aromatic N) is 2. The monoisotopic (exact) mass is 605 g/mol. The van der Waals surface area contributed by atoms with Gasteiger partial charge in [-0.05, 0) is 66.6 Å². The van der Waals surface area contributed by atoms with Crippen molar-refractivity contribution < 1.29 is 23.8 Å². The van der Waals surface area contributed by atoms with Crippen molar-refractivity contribution >= 4 is 52.2 Å². The average molecular weight is 607 g/mol. The highest BCUT2D eigenvalue weighted by atomic mass is 35.5. The summed E-state index contributed by atoms with van der Waals surface area (Å²) in [5, 5.41) is 5.56. The van der Waals surface area contributed by atoms with E-state index in [0.29, 0.717) is 59.9 Å². The van der Waals surface area contributed by atoms with Crippen LogP contribution in [0.2, 0.25) is 10.0 Å². The second kappa shape index (κ2) is 14.6. The maximum absolute atomic E-state index is 13.7. The molecule has 1 saturated heterocycles. The summed E-state index contributed by atoms with van der Waals surface area (Å²) in [6.45, 7) is 1.78. The molecular weight excluding hydrogens is 573 g/mol. The molecular formula is C29H33Cl2N3O5S. The Bertz CT molecular complexity index is 1280. The molecule has 2 aromatic carbocycles. The number of carbonyl (C=O) groups is 2. The highest BCUT2D eigenvalue weighted by Gasteiger charge is 2.27. The van der Waals surface area contributed by atoms with Crippen LogP contribution in [0.25, 0.3) is 0 Å². The lowest BCUT2D eigenvalue weighted by molar-refractivity contribution is -0.132. The van der Waals surface area contributed by atoms with E-state index in [0.717, 1.165) is 23.3 Å². The van der Waals surface area contributed by atoms with Gasteiger partial charge < -0.3 is 29.3 Å². The minimum absolute atomic E-state index is 0.0929. The first-order valence-corrected chi connectivity index (χ1v) is 14.6. The van der Waals surface area contributed by atoms with Gasteiger partial charge in [0.1, 0.15) is 6.54 Å². The van der Waals surface area contributed by atoms with Gasteiger partial charge in [0.15, 0.2) is 11.5 Å². The van der Waals surface area contributed by atoms with Crippen LogP contribution in [-0.2, 0) is 22.5 Å². The van der Waals surface area contributed by atoms with Crippen LogP contribution in [0.5, 0.6) is 11.5 Å². The van der Waals surface area contributed by atoms with Gasteiger partial charge in [-0.15, -0.1) is 11.3 Å². The summed E-state index contributed by atoms with van der Waals surface area (Å²) in [5.74, 6) is 1.13. The number of benzene rings is 2. The van der Waals surface area contributed by atoms with Gasteiger partial charge in [-0.3, -0.25) is 4.79 Å². The third-order valence-electron chi connectivity index (χ3n) is 6.63. The molecule has 1 aromatic heterocycles. The highest BCUT2D eigenvalue weighted by Crippen LogP contribution is 2.28. The van der Waals surface area contributed by atoms with Gasteiger partial charge in [-0.2, -0.15) is 0 Å². The van der Waals surface area contributed by atoms with Crippen LogP contribution >= 0.6 is 34.5 Å². The van der Waals surface area contributed by atoms with Crippen LogP contribution in [0.15, 0.2) is 53.9 Å². The number of nitrogens with one attached hydrogen (secondary N) is 1. The number of methoxy groups -OCH3 is 2. The first kappa shape index (κ1) is 30.0. The summed E-state index contributed by atoms with van der Waals surface area (Å²) in [4.78, 5) is 31.5. The Hall–Kier alpha value is -2.98. The van der Waals surface area contributed by atoms with E-state index in [4.69, 9.17) is 37.4 Å². The van der Waals surface area contributed by atoms with E-state index in [9.17, 15) is 9.59 Å². The maximum Gasteiger partial charge on any atom is 0.322 e. The number of ether oxygens (including phenoxy) is 3. The Morgan fingerprint density at radius 1 is 1.05 bits per heavy atom. The van der Waals surface area contributed by atoms with Gasteiger partial charge in [0.25, 0.3) is 0 Å². The zero-order valence-electron chi connectivity index (χ0n) is 22.5. The van der Waals surface area contributed by atoms with E-state index in [1.807, 2.05) is 35.7 Å². The molecule has 8 nitrogen and oxygen atoms in total. The molecule has 0 bridgehead atoms. The molecule has 1 atom stereocenters. The molecule has 0 spiro atoms. The van der Waals surface area contributed by atoms with Crippen LogP contribution in [0.3, 0.4) is 0 Å². The lowest BCUT2D eigenvalue weighted by Gasteiger charge is -2.29. The summed E-state index contributed by atoms with van der Waals surface area (Å²) in [7, 11) is 3.19. The Morgan fingerprint density at radius 3 is 2.55 bits per heavy atom. The normalized spacial score (nSPS) is 14.6. The number of urea groups is 1. The number of carbonyl (C=O) groups excluding carboxylic acids is 2. The molecule has 2 heterocycles. The van der Waals surface area contributed by atoms with Crippen molar-refractivity contribution in [3.05, 3.63) is 74.4 Å². The number of anilines is 1. The third kappa shape index (κ3) is 8.27. The summed E-state index contributed by atoms with van der Waals surface area (Å²) >= 11 is 13.8. The van der Waals surface area contributed by atoms with Crippen molar-refractivity contribution in [2.24, 2.45) is 0 Å². The minimum atomic E-state index is -0.404. The van der Waals surface area contributed by atoms with Crippen molar-refractivity contribution in [2.45, 2.75) is 31.9 Å². The van der Waals surface area contributed by atoms with Crippen molar-refractivity contribution in [1.29, 1.82) is 0 Å². The van der Waals surface area contributed by atoms with Crippen molar-refractivity contribution in [2.75, 3.05) is 45.8 Å². The molecule has 0 aliphatic carbocycles. The highest BCUT2D eigenvalue weighted by molar-refractivity contribution is 7.09. The maximum atomic E-state index is 13.7. The fourth-order valence-electron chi connectivity index (χ4n) is 4.48. The minimum Gasteiger partial charge on any atom is -0.493 e. The van der Waals surface area contributed by atoms with E-state index >= 15 is 0 Å². The summed E-state index contributed by atoms with van der Waals surface area (Å²) in [6.07, 6.45) is 2.25. The number of thiophene rings is 1. The van der Waals surface area contributed by atoms with Crippen LogP contribution < -0.4 is 14.8 Å². The summed E-state index contributed by atoms with van der Waals surface area (Å²) in [6, 6.07) is 14.2. The number of hydrogen-bond acceptors (Lipinski definition) is 6. The van der Waals surface area contributed by atoms with E-state index < -0.39 is 6.03 Å². The number of halogens is 2. The number of amides is 3. The van der Waals surface area contributed by atoms with Crippen LogP contribution in [0.1, 0.15) is 23.3 Å². The molecule has 11 heteroatoms. The van der Waals surface area contributed by atoms with Gasteiger partial charge in [-0.1, -0.05) is 35.3 Å². The van der Waals surface area contributed by atoms with Gasteiger partial charge in [0, 0.05) is 30.3 Å². The molecule has 1 unspecified atom stereocenters. The van der Waals surface area contributed by atoms with E-state index in [-0.39, 0.29) is 18.6 Å². The molecule has 1 N–H and O–H groups in total. The molecule has 0 saturated carbocycles. The van der Waals surface area contributed by atoms with E-state index in [1.54, 1.807) is 48.7 Å². The standard InChI is InChI=1S/C29H33Cl2N3O5S/c1-37-26-10-7-20(15-27(26)38-2)11-12-33(18-23-6-4-14-40-23)28(35)19-34(17-22-5-3-13-39-22)29(36)32-21-8-9-24(30)25(31)16-21/h4,6-10,14-16,22H,3,5,11-13,17-19H2,1-2H3,(H,32,36). The number of hydrogen-bond donors (Lipinski definition) is 1. The predicted molar refractivity (Wildman–Crippen MR) is 159 cm³/mol. The van der Waals surface area contributed by atoms with Gasteiger partial charge in [-0.25, -0.2) is 4.79 Å². The number of rotatable bonds is 12. The second-order valence-electron chi connectivity index (χ2n) is 9.41. The summed E-state index contributed by atoms with van der Waals surface area (Å²) < 4.78 is 16.6. The fourth-order valence-corrected chi connectivity index (χ4v) is 5.49. The van der Waals surface area contributed by atoms with Gasteiger partial charge in [0.2, 0.25) is 5.91 Å². The fraction of sp³-hybridized carbons (Fsp3) is 0.379. The molecule has 1 aliphatic heterocycles. The smallest absolute Gasteiger partial charge is 0.322 e. The van der Waals surface area contributed by atoms with Crippen molar-refractivity contribution in [1.82, 2.24) is 9.80 Å². The van der Waals surface area contributed by atoms with Crippen LogP contribution in [-0.4, -0.2) is 68.3 Å². The van der Waals surface area contributed by atoms with Crippen LogP contribution in [0.4, 0.5) is 10.5 Å². The molecule has 1 fully saturated rings. The molecule has 214 valence electrons. The topological polar surface area (TPSA) is 80.3 Å². The van der Waals surface area contributed by atoms with Gasteiger partial charge in [0.05, 0.1) is 36.9 Å². The summed E-state index contributed by atoms with van der Waals surface area (Å²) in [5.41, 5.74) is 1.50. The lowest BCUT2D eigenvalue weighted by Crippen LogP contribution is -2.47. The predicted octanol–water partition coefficient (Wildman–Crippen LogP) is 6.36. The Balaban J connectivity index is 1.49. The quantitative estimate of drug-likeness (QED) is 0.260. The molecule has 1 aliphatic rings. The molecule has 40 heavy (non-hydrogen) atoms. The molecule has 3 aromatic rings. The van der Waals surface area contributed by atoms with Crippen molar-refractivity contribution in [3.63, 3.8) is 0 Å². The average Bonchev–Trinajstić information content (AvgIpc) is 3.67. The van der Waals surface area contributed by atoms with Gasteiger partial charge >= 0.3 is 6.03 Å². The van der Waals surface area contributed by atoms with E-state index in [2.05, 4.69) is 5.32 Å². The third-order valence-corrected chi connectivity index (χ3v) is 8.23. The van der Waals surface area contributed by atoms with Crippen LogP contribution in [0, 0.1) is 0 Å². The largest absolute Gasteiger partial charge is 0.493 e. The lowest BCUT2D eigenvalue weighted by atomic mass is 10.1. The van der Waals surface area contributed by atoms with Crippen molar-refractivity contribution in [3.8, 4) is 11.5 Å². The molecule has 4 rings (SSSR count). The Labute approximate surface area is 248 Å². The Morgan fingerprint density at radius 2 is 1.88 bits per heavy atom. The first-order valence-electron chi connectivity index (χ1n) is 13.0.